The van der Waals surface area contributed by atoms with Gasteiger partial charge in [0.15, 0.2) is 0 Å². The standard InChI is InChI=1S/C21H17O/c1-21(22,16-15-17-7-3-2-4-8-17)20-13-11-19(12-14-20)18-9-5-6-10-18/h2-14,22H,1H3/q-1. The van der Waals surface area contributed by atoms with E-state index in [1.807, 2.05) is 66.7 Å². The highest BCUT2D eigenvalue weighted by atomic mass is 16.3. The van der Waals surface area contributed by atoms with Crippen LogP contribution in [-0.4, -0.2) is 5.11 Å². The molecule has 0 spiro atoms. The number of aliphatic hydroxyl groups is 1. The van der Waals surface area contributed by atoms with Crippen molar-refractivity contribution in [3.63, 3.8) is 0 Å². The fraction of sp³-hybridized carbons (Fsp3) is 0.0952. The third-order valence-electron chi connectivity index (χ3n) is 3.67. The molecule has 0 aliphatic heterocycles. The SMILES string of the molecule is CC(O)(C#Cc1ccccc1)c1ccc(-[c-]2cccc2)cc1. The van der Waals surface area contributed by atoms with Crippen molar-refractivity contribution in [3.8, 4) is 23.0 Å². The van der Waals surface area contributed by atoms with Crippen molar-refractivity contribution in [1.29, 1.82) is 0 Å². The topological polar surface area (TPSA) is 20.2 Å². The van der Waals surface area contributed by atoms with Crippen LogP contribution in [0.3, 0.4) is 0 Å². The third kappa shape index (κ3) is 3.14. The summed E-state index contributed by atoms with van der Waals surface area (Å²) < 4.78 is 0. The molecule has 0 heterocycles. The molecular weight excluding hydrogens is 268 g/mol. The molecule has 22 heavy (non-hydrogen) atoms. The molecule has 3 rings (SSSR count). The van der Waals surface area contributed by atoms with Crippen molar-refractivity contribution >= 4 is 0 Å². The summed E-state index contributed by atoms with van der Waals surface area (Å²) in [6, 6.07) is 25.8. The van der Waals surface area contributed by atoms with Crippen molar-refractivity contribution < 1.29 is 5.11 Å². The largest absolute Gasteiger partial charge is 0.374 e. The fourth-order valence-corrected chi connectivity index (χ4v) is 2.34. The molecule has 0 fully saturated rings. The molecule has 0 amide bonds. The van der Waals surface area contributed by atoms with Gasteiger partial charge in [-0.1, -0.05) is 47.7 Å². The summed E-state index contributed by atoms with van der Waals surface area (Å²) in [6.07, 6.45) is 0. The number of benzene rings is 2. The van der Waals surface area contributed by atoms with E-state index in [2.05, 4.69) is 24.0 Å². The molecule has 3 aromatic carbocycles. The molecule has 0 saturated carbocycles. The summed E-state index contributed by atoms with van der Waals surface area (Å²) in [5.41, 5.74) is 2.85. The van der Waals surface area contributed by atoms with Gasteiger partial charge >= 0.3 is 0 Å². The first-order chi connectivity index (χ1) is 10.6. The van der Waals surface area contributed by atoms with E-state index in [1.165, 1.54) is 5.56 Å². The second kappa shape index (κ2) is 5.97. The van der Waals surface area contributed by atoms with Gasteiger partial charge in [-0.2, -0.15) is 12.1 Å². The van der Waals surface area contributed by atoms with Crippen LogP contribution in [0, 0.1) is 11.8 Å². The molecule has 0 saturated heterocycles. The van der Waals surface area contributed by atoms with Gasteiger partial charge in [0.2, 0.25) is 0 Å². The van der Waals surface area contributed by atoms with Crippen molar-refractivity contribution in [2.24, 2.45) is 0 Å². The summed E-state index contributed by atoms with van der Waals surface area (Å²) in [5.74, 6) is 5.98. The zero-order valence-corrected chi connectivity index (χ0v) is 12.5. The van der Waals surface area contributed by atoms with Crippen molar-refractivity contribution in [2.45, 2.75) is 12.5 Å². The zero-order valence-electron chi connectivity index (χ0n) is 12.5. The molecule has 1 atom stereocenters. The minimum atomic E-state index is -1.17. The van der Waals surface area contributed by atoms with Crippen LogP contribution < -0.4 is 0 Å². The molecule has 0 radical (unpaired) electrons. The number of rotatable bonds is 2. The summed E-state index contributed by atoms with van der Waals surface area (Å²) >= 11 is 0. The predicted octanol–water partition coefficient (Wildman–Crippen LogP) is 4.33. The van der Waals surface area contributed by atoms with Crippen LogP contribution in [-0.2, 0) is 5.60 Å². The molecule has 108 valence electrons. The second-order valence-corrected chi connectivity index (χ2v) is 5.44. The monoisotopic (exact) mass is 285 g/mol. The number of hydrogen-bond donors (Lipinski definition) is 1. The highest BCUT2D eigenvalue weighted by molar-refractivity contribution is 5.64. The predicted molar refractivity (Wildman–Crippen MR) is 90.4 cm³/mol. The fourth-order valence-electron chi connectivity index (χ4n) is 2.34. The lowest BCUT2D eigenvalue weighted by molar-refractivity contribution is 0.122. The molecule has 0 aliphatic carbocycles. The molecule has 3 aromatic rings. The molecule has 0 aromatic heterocycles. The summed E-state index contributed by atoms with van der Waals surface area (Å²) in [4.78, 5) is 0. The van der Waals surface area contributed by atoms with Crippen LogP contribution in [0.5, 0.6) is 0 Å². The Kier molecular flexibility index (Phi) is 3.87. The molecule has 1 nitrogen and oxygen atoms in total. The maximum Gasteiger partial charge on any atom is 0.147 e. The van der Waals surface area contributed by atoms with Crippen LogP contribution >= 0.6 is 0 Å². The van der Waals surface area contributed by atoms with Crippen LogP contribution in [0.1, 0.15) is 18.1 Å². The van der Waals surface area contributed by atoms with Crippen LogP contribution in [0.2, 0.25) is 0 Å². The smallest absolute Gasteiger partial charge is 0.147 e. The minimum absolute atomic E-state index is 0.797. The Balaban J connectivity index is 1.85. The molecule has 0 bridgehead atoms. The van der Waals surface area contributed by atoms with E-state index in [9.17, 15) is 5.11 Å². The Bertz CT molecular complexity index is 783. The normalized spacial score (nSPS) is 13.0. The van der Waals surface area contributed by atoms with Gasteiger partial charge < -0.3 is 5.11 Å². The lowest BCUT2D eigenvalue weighted by Crippen LogP contribution is -2.18. The zero-order chi connectivity index (χ0) is 15.4. The lowest BCUT2D eigenvalue weighted by Gasteiger charge is -2.19. The third-order valence-corrected chi connectivity index (χ3v) is 3.67. The quantitative estimate of drug-likeness (QED) is 0.549. The van der Waals surface area contributed by atoms with E-state index in [-0.39, 0.29) is 0 Å². The van der Waals surface area contributed by atoms with Crippen molar-refractivity contribution in [3.05, 3.63) is 90.0 Å². The Morgan fingerprint density at radius 3 is 2.14 bits per heavy atom. The van der Waals surface area contributed by atoms with Gasteiger partial charge in [-0.3, -0.25) is 0 Å². The maximum absolute atomic E-state index is 10.6. The molecule has 1 unspecified atom stereocenters. The Hall–Kier alpha value is -2.69. The van der Waals surface area contributed by atoms with E-state index < -0.39 is 5.60 Å². The average molecular weight is 285 g/mol. The Labute approximate surface area is 131 Å². The summed E-state index contributed by atoms with van der Waals surface area (Å²) in [6.45, 7) is 1.72. The molecular formula is C21H17O-. The lowest BCUT2D eigenvalue weighted by atomic mass is 9.94. The van der Waals surface area contributed by atoms with Gasteiger partial charge in [-0.25, -0.2) is 0 Å². The second-order valence-electron chi connectivity index (χ2n) is 5.44. The first kappa shape index (κ1) is 14.3. The minimum Gasteiger partial charge on any atom is -0.374 e. The van der Waals surface area contributed by atoms with Crippen molar-refractivity contribution in [2.75, 3.05) is 0 Å². The van der Waals surface area contributed by atoms with Gasteiger partial charge in [0.25, 0.3) is 0 Å². The van der Waals surface area contributed by atoms with E-state index in [0.717, 1.165) is 16.7 Å². The first-order valence-corrected chi connectivity index (χ1v) is 7.28. The van der Waals surface area contributed by atoms with E-state index in [0.29, 0.717) is 0 Å². The first-order valence-electron chi connectivity index (χ1n) is 7.28. The van der Waals surface area contributed by atoms with Crippen molar-refractivity contribution in [1.82, 2.24) is 0 Å². The van der Waals surface area contributed by atoms with Gasteiger partial charge in [-0.15, -0.1) is 29.8 Å². The van der Waals surface area contributed by atoms with Crippen LogP contribution in [0.4, 0.5) is 0 Å². The van der Waals surface area contributed by atoms with Gasteiger partial charge in [0.1, 0.15) is 5.60 Å². The van der Waals surface area contributed by atoms with Gasteiger partial charge in [-0.05, 0) is 24.6 Å². The van der Waals surface area contributed by atoms with E-state index >= 15 is 0 Å². The number of hydrogen-bond acceptors (Lipinski definition) is 1. The summed E-state index contributed by atoms with van der Waals surface area (Å²) in [5, 5.41) is 10.6. The maximum atomic E-state index is 10.6. The van der Waals surface area contributed by atoms with Crippen LogP contribution in [0.25, 0.3) is 11.1 Å². The summed E-state index contributed by atoms with van der Waals surface area (Å²) in [7, 11) is 0. The van der Waals surface area contributed by atoms with E-state index in [4.69, 9.17) is 0 Å². The van der Waals surface area contributed by atoms with Gasteiger partial charge in [0, 0.05) is 5.56 Å². The molecule has 1 heteroatoms. The van der Waals surface area contributed by atoms with Gasteiger partial charge in [0.05, 0.1) is 0 Å². The molecule has 0 aliphatic rings. The highest BCUT2D eigenvalue weighted by Gasteiger charge is 2.18. The van der Waals surface area contributed by atoms with E-state index in [1.54, 1.807) is 6.92 Å². The molecule has 1 N–H and O–H groups in total. The average Bonchev–Trinajstić information content (AvgIpc) is 3.09. The Morgan fingerprint density at radius 1 is 0.864 bits per heavy atom. The highest BCUT2D eigenvalue weighted by Crippen LogP contribution is 2.25. The Morgan fingerprint density at radius 2 is 1.50 bits per heavy atom. The van der Waals surface area contributed by atoms with Crippen LogP contribution in [0.15, 0.2) is 78.9 Å².